The number of para-hydroxylation sites is 1. The van der Waals surface area contributed by atoms with Crippen LogP contribution in [-0.4, -0.2) is 19.3 Å². The molecule has 0 fully saturated rings. The number of hydrogen-bond donors (Lipinski definition) is 1. The van der Waals surface area contributed by atoms with Crippen LogP contribution in [0.25, 0.3) is 0 Å². The van der Waals surface area contributed by atoms with Crippen molar-refractivity contribution >= 4 is 5.69 Å². The second-order valence-corrected chi connectivity index (χ2v) is 3.66. The van der Waals surface area contributed by atoms with Crippen LogP contribution < -0.4 is 5.32 Å². The number of rotatable bonds is 5. The van der Waals surface area contributed by atoms with Crippen LogP contribution in [0, 0.1) is 6.92 Å². The van der Waals surface area contributed by atoms with Gasteiger partial charge in [-0.2, -0.15) is 0 Å². The molecule has 0 heterocycles. The highest BCUT2D eigenvalue weighted by atomic mass is 16.5. The number of anilines is 1. The standard InChI is InChI=1S/C12H19NO/c1-10(2)14-9-8-13-12-7-5-4-6-11(12)3/h4-7,10,13H,8-9H2,1-3H3. The molecule has 1 aromatic carbocycles. The van der Waals surface area contributed by atoms with Crippen LogP contribution in [-0.2, 0) is 4.74 Å². The molecule has 0 aliphatic rings. The van der Waals surface area contributed by atoms with E-state index in [1.807, 2.05) is 26.0 Å². The summed E-state index contributed by atoms with van der Waals surface area (Å²) >= 11 is 0. The Hall–Kier alpha value is -1.02. The van der Waals surface area contributed by atoms with E-state index in [-0.39, 0.29) is 0 Å². The lowest BCUT2D eigenvalue weighted by Crippen LogP contribution is -2.13. The number of ether oxygens (including phenoxy) is 1. The van der Waals surface area contributed by atoms with Crippen LogP contribution in [0.2, 0.25) is 0 Å². The molecule has 0 radical (unpaired) electrons. The molecule has 1 N–H and O–H groups in total. The summed E-state index contributed by atoms with van der Waals surface area (Å²) in [5.74, 6) is 0. The van der Waals surface area contributed by atoms with Gasteiger partial charge in [0.1, 0.15) is 0 Å². The predicted octanol–water partition coefficient (Wildman–Crippen LogP) is 2.83. The minimum Gasteiger partial charge on any atom is -0.383 e. The molecule has 78 valence electrons. The van der Waals surface area contributed by atoms with Gasteiger partial charge < -0.3 is 10.1 Å². The highest BCUT2D eigenvalue weighted by Gasteiger charge is 1.96. The second kappa shape index (κ2) is 5.66. The van der Waals surface area contributed by atoms with Gasteiger partial charge in [0.05, 0.1) is 12.7 Å². The van der Waals surface area contributed by atoms with Crippen LogP contribution in [0.15, 0.2) is 24.3 Å². The average molecular weight is 193 g/mol. The third-order valence-corrected chi connectivity index (χ3v) is 2.01. The molecule has 0 unspecified atom stereocenters. The minimum absolute atomic E-state index is 0.314. The van der Waals surface area contributed by atoms with Crippen molar-refractivity contribution in [3.05, 3.63) is 29.8 Å². The molecule has 1 rings (SSSR count). The predicted molar refractivity (Wildman–Crippen MR) is 60.8 cm³/mol. The molecule has 0 spiro atoms. The maximum absolute atomic E-state index is 5.44. The molecular formula is C12H19NO. The fourth-order valence-electron chi connectivity index (χ4n) is 1.25. The molecule has 14 heavy (non-hydrogen) atoms. The van der Waals surface area contributed by atoms with Crippen molar-refractivity contribution in [2.75, 3.05) is 18.5 Å². The maximum atomic E-state index is 5.44. The van der Waals surface area contributed by atoms with E-state index in [2.05, 4.69) is 24.4 Å². The lowest BCUT2D eigenvalue weighted by atomic mass is 10.2. The van der Waals surface area contributed by atoms with Crippen molar-refractivity contribution in [1.82, 2.24) is 0 Å². The van der Waals surface area contributed by atoms with Crippen molar-refractivity contribution in [3.8, 4) is 0 Å². The molecule has 1 aromatic rings. The maximum Gasteiger partial charge on any atom is 0.0642 e. The summed E-state index contributed by atoms with van der Waals surface area (Å²) < 4.78 is 5.44. The molecule has 0 saturated heterocycles. The Morgan fingerprint density at radius 1 is 1.29 bits per heavy atom. The van der Waals surface area contributed by atoms with Gasteiger partial charge in [0.15, 0.2) is 0 Å². The van der Waals surface area contributed by atoms with Crippen LogP contribution in [0.4, 0.5) is 5.69 Å². The highest BCUT2D eigenvalue weighted by Crippen LogP contribution is 2.12. The zero-order valence-corrected chi connectivity index (χ0v) is 9.21. The molecule has 0 atom stereocenters. The summed E-state index contributed by atoms with van der Waals surface area (Å²) in [7, 11) is 0. The van der Waals surface area contributed by atoms with Gasteiger partial charge in [-0.25, -0.2) is 0 Å². The molecule has 0 saturated carbocycles. The SMILES string of the molecule is Cc1ccccc1NCCOC(C)C. The first-order valence-corrected chi connectivity index (χ1v) is 5.11. The molecule has 0 aliphatic carbocycles. The van der Waals surface area contributed by atoms with Gasteiger partial charge in [-0.1, -0.05) is 18.2 Å². The second-order valence-electron chi connectivity index (χ2n) is 3.66. The van der Waals surface area contributed by atoms with Gasteiger partial charge in [0.25, 0.3) is 0 Å². The fourth-order valence-corrected chi connectivity index (χ4v) is 1.25. The van der Waals surface area contributed by atoms with E-state index < -0.39 is 0 Å². The van der Waals surface area contributed by atoms with Gasteiger partial charge >= 0.3 is 0 Å². The molecule has 0 bridgehead atoms. The molecule has 0 aliphatic heterocycles. The third-order valence-electron chi connectivity index (χ3n) is 2.01. The lowest BCUT2D eigenvalue weighted by Gasteiger charge is -2.11. The van der Waals surface area contributed by atoms with Gasteiger partial charge in [-0.3, -0.25) is 0 Å². The van der Waals surface area contributed by atoms with Crippen LogP contribution in [0.1, 0.15) is 19.4 Å². The largest absolute Gasteiger partial charge is 0.383 e. The summed E-state index contributed by atoms with van der Waals surface area (Å²) in [6, 6.07) is 8.28. The van der Waals surface area contributed by atoms with Gasteiger partial charge in [0.2, 0.25) is 0 Å². The number of nitrogens with one attached hydrogen (secondary N) is 1. The van der Waals surface area contributed by atoms with E-state index in [0.29, 0.717) is 6.10 Å². The summed E-state index contributed by atoms with van der Waals surface area (Å²) in [6.07, 6.45) is 0.314. The van der Waals surface area contributed by atoms with Crippen molar-refractivity contribution in [3.63, 3.8) is 0 Å². The van der Waals surface area contributed by atoms with E-state index in [9.17, 15) is 0 Å². The Balaban J connectivity index is 2.28. The summed E-state index contributed by atoms with van der Waals surface area (Å²) in [4.78, 5) is 0. The molecule has 0 aromatic heterocycles. The van der Waals surface area contributed by atoms with E-state index in [0.717, 1.165) is 13.2 Å². The Kier molecular flexibility index (Phi) is 4.47. The smallest absolute Gasteiger partial charge is 0.0642 e. The van der Waals surface area contributed by atoms with Crippen molar-refractivity contribution in [2.24, 2.45) is 0 Å². The molecule has 0 amide bonds. The monoisotopic (exact) mass is 193 g/mol. The molecule has 2 nitrogen and oxygen atoms in total. The highest BCUT2D eigenvalue weighted by molar-refractivity contribution is 5.50. The summed E-state index contributed by atoms with van der Waals surface area (Å²) in [5.41, 5.74) is 2.47. The van der Waals surface area contributed by atoms with Gasteiger partial charge in [-0.05, 0) is 32.4 Å². The van der Waals surface area contributed by atoms with Crippen LogP contribution in [0.5, 0.6) is 0 Å². The lowest BCUT2D eigenvalue weighted by molar-refractivity contribution is 0.0870. The summed E-state index contributed by atoms with van der Waals surface area (Å²) in [6.45, 7) is 7.82. The van der Waals surface area contributed by atoms with Crippen molar-refractivity contribution < 1.29 is 4.74 Å². The van der Waals surface area contributed by atoms with Gasteiger partial charge in [-0.15, -0.1) is 0 Å². The van der Waals surface area contributed by atoms with Crippen molar-refractivity contribution in [1.29, 1.82) is 0 Å². The van der Waals surface area contributed by atoms with E-state index in [1.54, 1.807) is 0 Å². The van der Waals surface area contributed by atoms with E-state index in [1.165, 1.54) is 11.3 Å². The Labute approximate surface area is 86.3 Å². The number of hydrogen-bond acceptors (Lipinski definition) is 2. The number of aryl methyl sites for hydroxylation is 1. The van der Waals surface area contributed by atoms with Gasteiger partial charge in [0, 0.05) is 12.2 Å². The third kappa shape index (κ3) is 3.79. The van der Waals surface area contributed by atoms with Crippen LogP contribution in [0.3, 0.4) is 0 Å². The average Bonchev–Trinajstić information content (AvgIpc) is 2.15. The fraction of sp³-hybridized carbons (Fsp3) is 0.500. The van der Waals surface area contributed by atoms with Crippen molar-refractivity contribution in [2.45, 2.75) is 26.9 Å². The first-order chi connectivity index (χ1) is 6.70. The zero-order valence-electron chi connectivity index (χ0n) is 9.21. The van der Waals surface area contributed by atoms with Crippen LogP contribution >= 0.6 is 0 Å². The minimum atomic E-state index is 0.314. The Bertz CT molecular complexity index is 271. The first-order valence-electron chi connectivity index (χ1n) is 5.11. The number of benzene rings is 1. The molecular weight excluding hydrogens is 174 g/mol. The topological polar surface area (TPSA) is 21.3 Å². The van der Waals surface area contributed by atoms with E-state index >= 15 is 0 Å². The quantitative estimate of drug-likeness (QED) is 0.726. The summed E-state index contributed by atoms with van der Waals surface area (Å²) in [5, 5.41) is 3.34. The Morgan fingerprint density at radius 2 is 2.00 bits per heavy atom. The normalized spacial score (nSPS) is 10.6. The molecule has 2 heteroatoms. The first kappa shape index (κ1) is 11.1. The zero-order chi connectivity index (χ0) is 10.4. The Morgan fingerprint density at radius 3 is 2.64 bits per heavy atom. The van der Waals surface area contributed by atoms with E-state index in [4.69, 9.17) is 4.74 Å².